The minimum absolute atomic E-state index is 0.148. The molecule has 0 spiro atoms. The van der Waals surface area contributed by atoms with E-state index in [1.54, 1.807) is 6.20 Å². The maximum atomic E-state index is 11.4. The van der Waals surface area contributed by atoms with Gasteiger partial charge in [0.1, 0.15) is 6.10 Å². The Balaban J connectivity index is 2.08. The monoisotopic (exact) mass is 208 g/mol. The Labute approximate surface area is 88.7 Å². The first kappa shape index (κ1) is 10.2. The maximum absolute atomic E-state index is 11.4. The number of hydrogen-bond acceptors (Lipinski definition) is 3. The predicted octanol–water partition coefficient (Wildman–Crippen LogP) is 1.73. The standard InChI is InChI=1S/C11H16N2O2/c1-8-4-2-3-5-9(8)15-11-10(14)12-6-7-13-11/h6-9H,2-5H2,1H3,(H,12,14). The second kappa shape index (κ2) is 4.47. The fourth-order valence-corrected chi connectivity index (χ4v) is 2.02. The Bertz CT molecular complexity index is 375. The molecule has 0 aromatic carbocycles. The van der Waals surface area contributed by atoms with Crippen LogP contribution in [0.1, 0.15) is 32.6 Å². The van der Waals surface area contributed by atoms with Crippen molar-refractivity contribution in [2.45, 2.75) is 38.7 Å². The summed E-state index contributed by atoms with van der Waals surface area (Å²) in [6, 6.07) is 0. The highest BCUT2D eigenvalue weighted by atomic mass is 16.5. The first-order chi connectivity index (χ1) is 7.27. The van der Waals surface area contributed by atoms with Crippen molar-refractivity contribution in [3.05, 3.63) is 22.7 Å². The van der Waals surface area contributed by atoms with Crippen LogP contribution in [0.5, 0.6) is 5.88 Å². The van der Waals surface area contributed by atoms with Crippen LogP contribution in [0.2, 0.25) is 0 Å². The second-order valence-corrected chi connectivity index (χ2v) is 4.14. The second-order valence-electron chi connectivity index (χ2n) is 4.14. The molecule has 2 rings (SSSR count). The van der Waals surface area contributed by atoms with Gasteiger partial charge < -0.3 is 9.72 Å². The number of aromatic nitrogens is 2. The number of nitrogens with zero attached hydrogens (tertiary/aromatic N) is 1. The smallest absolute Gasteiger partial charge is 0.310 e. The number of hydrogen-bond donors (Lipinski definition) is 1. The third-order valence-electron chi connectivity index (χ3n) is 2.97. The van der Waals surface area contributed by atoms with E-state index >= 15 is 0 Å². The van der Waals surface area contributed by atoms with Gasteiger partial charge >= 0.3 is 5.56 Å². The molecule has 1 aliphatic rings. The maximum Gasteiger partial charge on any atom is 0.310 e. The van der Waals surface area contributed by atoms with Gasteiger partial charge in [0, 0.05) is 12.4 Å². The van der Waals surface area contributed by atoms with Crippen LogP contribution in [0.15, 0.2) is 17.2 Å². The van der Waals surface area contributed by atoms with Gasteiger partial charge in [-0.1, -0.05) is 13.3 Å². The van der Waals surface area contributed by atoms with E-state index in [0.29, 0.717) is 5.92 Å². The largest absolute Gasteiger partial charge is 0.470 e. The number of rotatable bonds is 2. The van der Waals surface area contributed by atoms with Gasteiger partial charge in [0.2, 0.25) is 0 Å². The molecule has 1 N–H and O–H groups in total. The molecule has 1 aromatic heterocycles. The van der Waals surface area contributed by atoms with Gasteiger partial charge in [-0.15, -0.1) is 0 Å². The van der Waals surface area contributed by atoms with Crippen LogP contribution in [-0.4, -0.2) is 16.1 Å². The summed E-state index contributed by atoms with van der Waals surface area (Å²) in [5.74, 6) is 0.719. The summed E-state index contributed by atoms with van der Waals surface area (Å²) in [5.41, 5.74) is -0.240. The summed E-state index contributed by atoms with van der Waals surface area (Å²) in [6.07, 6.45) is 7.85. The Hall–Kier alpha value is -1.32. The van der Waals surface area contributed by atoms with Crippen molar-refractivity contribution in [1.82, 2.24) is 9.97 Å². The van der Waals surface area contributed by atoms with Crippen LogP contribution in [-0.2, 0) is 0 Å². The van der Waals surface area contributed by atoms with Crippen LogP contribution in [0.3, 0.4) is 0 Å². The third-order valence-corrected chi connectivity index (χ3v) is 2.97. The summed E-state index contributed by atoms with van der Waals surface area (Å²) < 4.78 is 5.64. The van der Waals surface area contributed by atoms with E-state index in [0.717, 1.165) is 6.42 Å². The molecule has 0 amide bonds. The van der Waals surface area contributed by atoms with E-state index in [4.69, 9.17) is 4.74 Å². The molecule has 1 fully saturated rings. The van der Waals surface area contributed by atoms with Crippen molar-refractivity contribution in [1.29, 1.82) is 0 Å². The van der Waals surface area contributed by atoms with E-state index in [9.17, 15) is 4.79 Å². The van der Waals surface area contributed by atoms with Gasteiger partial charge in [0.05, 0.1) is 0 Å². The van der Waals surface area contributed by atoms with Gasteiger partial charge in [-0.25, -0.2) is 4.98 Å². The highest BCUT2D eigenvalue weighted by Gasteiger charge is 2.23. The number of aromatic amines is 1. The number of ether oxygens (including phenoxy) is 1. The molecule has 1 aliphatic carbocycles. The molecule has 1 aromatic rings. The fourth-order valence-electron chi connectivity index (χ4n) is 2.02. The van der Waals surface area contributed by atoms with Crippen molar-refractivity contribution in [3.8, 4) is 5.88 Å². The summed E-state index contributed by atoms with van der Waals surface area (Å²) >= 11 is 0. The van der Waals surface area contributed by atoms with E-state index in [1.807, 2.05) is 0 Å². The number of H-pyrrole nitrogens is 1. The Kier molecular flexibility index (Phi) is 3.04. The van der Waals surface area contributed by atoms with E-state index in [-0.39, 0.29) is 17.5 Å². The quantitative estimate of drug-likeness (QED) is 0.805. The Morgan fingerprint density at radius 2 is 2.27 bits per heavy atom. The van der Waals surface area contributed by atoms with Crippen LogP contribution in [0.25, 0.3) is 0 Å². The van der Waals surface area contributed by atoms with Gasteiger partial charge in [-0.05, 0) is 25.2 Å². The topological polar surface area (TPSA) is 55.0 Å². The highest BCUT2D eigenvalue weighted by molar-refractivity contribution is 5.03. The lowest BCUT2D eigenvalue weighted by molar-refractivity contribution is 0.0957. The lowest BCUT2D eigenvalue weighted by atomic mass is 9.88. The molecule has 82 valence electrons. The molecule has 15 heavy (non-hydrogen) atoms. The van der Waals surface area contributed by atoms with Gasteiger partial charge in [0.15, 0.2) is 0 Å². The SMILES string of the molecule is CC1CCCCC1Oc1ncc[nH]c1=O. The molecule has 1 heterocycles. The first-order valence-corrected chi connectivity index (χ1v) is 5.47. The molecule has 2 atom stereocenters. The molecular weight excluding hydrogens is 192 g/mol. The summed E-state index contributed by atoms with van der Waals surface area (Å²) in [4.78, 5) is 17.9. The zero-order chi connectivity index (χ0) is 10.7. The van der Waals surface area contributed by atoms with E-state index in [1.165, 1.54) is 25.5 Å². The molecule has 2 unspecified atom stereocenters. The highest BCUT2D eigenvalue weighted by Crippen LogP contribution is 2.26. The molecule has 4 heteroatoms. The van der Waals surface area contributed by atoms with E-state index < -0.39 is 0 Å². The molecular formula is C11H16N2O2. The van der Waals surface area contributed by atoms with Crippen molar-refractivity contribution in [2.24, 2.45) is 5.92 Å². The van der Waals surface area contributed by atoms with Crippen LogP contribution >= 0.6 is 0 Å². The minimum Gasteiger partial charge on any atom is -0.470 e. The molecule has 1 saturated carbocycles. The Morgan fingerprint density at radius 3 is 3.00 bits per heavy atom. The zero-order valence-electron chi connectivity index (χ0n) is 8.90. The van der Waals surface area contributed by atoms with Crippen LogP contribution in [0.4, 0.5) is 0 Å². The zero-order valence-corrected chi connectivity index (χ0v) is 8.90. The van der Waals surface area contributed by atoms with Gasteiger partial charge in [-0.3, -0.25) is 4.79 Å². The predicted molar refractivity (Wildman–Crippen MR) is 56.9 cm³/mol. The summed E-state index contributed by atoms with van der Waals surface area (Å²) in [6.45, 7) is 2.17. The van der Waals surface area contributed by atoms with Crippen molar-refractivity contribution in [2.75, 3.05) is 0 Å². The average molecular weight is 208 g/mol. The molecule has 0 saturated heterocycles. The average Bonchev–Trinajstić information content (AvgIpc) is 2.24. The molecule has 0 radical (unpaired) electrons. The van der Waals surface area contributed by atoms with Crippen LogP contribution in [0, 0.1) is 5.92 Å². The third kappa shape index (κ3) is 2.37. The molecule has 0 aliphatic heterocycles. The summed E-state index contributed by atoms with van der Waals surface area (Å²) in [5, 5.41) is 0. The van der Waals surface area contributed by atoms with Gasteiger partial charge in [0.25, 0.3) is 5.88 Å². The molecule has 4 nitrogen and oxygen atoms in total. The molecule has 0 bridgehead atoms. The first-order valence-electron chi connectivity index (χ1n) is 5.47. The normalized spacial score (nSPS) is 26.2. The lowest BCUT2D eigenvalue weighted by Gasteiger charge is -2.28. The van der Waals surface area contributed by atoms with E-state index in [2.05, 4.69) is 16.9 Å². The minimum atomic E-state index is -0.240. The Morgan fingerprint density at radius 1 is 1.47 bits per heavy atom. The summed E-state index contributed by atoms with van der Waals surface area (Å²) in [7, 11) is 0. The van der Waals surface area contributed by atoms with Crippen LogP contribution < -0.4 is 10.3 Å². The van der Waals surface area contributed by atoms with Gasteiger partial charge in [-0.2, -0.15) is 0 Å². The lowest BCUT2D eigenvalue weighted by Crippen LogP contribution is -2.30. The fraction of sp³-hybridized carbons (Fsp3) is 0.636. The number of nitrogens with one attached hydrogen (secondary N) is 1. The van der Waals surface area contributed by atoms with Crippen molar-refractivity contribution >= 4 is 0 Å². The van der Waals surface area contributed by atoms with Crippen molar-refractivity contribution < 1.29 is 4.74 Å². The van der Waals surface area contributed by atoms with Crippen molar-refractivity contribution in [3.63, 3.8) is 0 Å².